The third kappa shape index (κ3) is 5.39. The highest BCUT2D eigenvalue weighted by molar-refractivity contribution is 8.27. The molecule has 0 atom stereocenters. The van der Waals surface area contributed by atoms with Gasteiger partial charge in [0.05, 0.1) is 29.3 Å². The van der Waals surface area contributed by atoms with Gasteiger partial charge in [-0.05, 0) is 43.7 Å². The highest BCUT2D eigenvalue weighted by Crippen LogP contribution is 2.39. The average Bonchev–Trinajstić information content (AvgIpc) is 3.02. The molecule has 0 unspecified atom stereocenters. The second-order valence-electron chi connectivity index (χ2n) is 6.47. The van der Waals surface area contributed by atoms with Gasteiger partial charge in [-0.2, -0.15) is 0 Å². The molecule has 0 saturated carbocycles. The Labute approximate surface area is 195 Å². The summed E-state index contributed by atoms with van der Waals surface area (Å²) < 4.78 is 16.1. The van der Waals surface area contributed by atoms with Crippen LogP contribution in [0.1, 0.15) is 18.1 Å². The van der Waals surface area contributed by atoms with E-state index in [1.165, 1.54) is 29.8 Å². The van der Waals surface area contributed by atoms with Crippen LogP contribution in [-0.4, -0.2) is 36.5 Å². The number of benzene rings is 2. The zero-order valence-electron chi connectivity index (χ0n) is 17.1. The Balaban J connectivity index is 1.85. The molecule has 1 aliphatic heterocycles. The number of halogens is 1. The van der Waals surface area contributed by atoms with Crippen LogP contribution < -0.4 is 14.4 Å². The minimum Gasteiger partial charge on any atom is -0.493 e. The number of aryl methyl sites for hydroxylation is 1. The van der Waals surface area contributed by atoms with Crippen molar-refractivity contribution in [3.63, 3.8) is 0 Å². The van der Waals surface area contributed by atoms with Crippen molar-refractivity contribution in [3.05, 3.63) is 57.5 Å². The number of thioether (sulfide) groups is 1. The lowest BCUT2D eigenvalue weighted by Gasteiger charge is -2.14. The Bertz CT molecular complexity index is 1050. The van der Waals surface area contributed by atoms with Gasteiger partial charge in [0.25, 0.3) is 5.91 Å². The van der Waals surface area contributed by atoms with Crippen LogP contribution in [0.25, 0.3) is 6.08 Å². The molecule has 0 radical (unpaired) electrons. The number of hydrogen-bond acceptors (Lipinski definition) is 7. The first-order valence-electron chi connectivity index (χ1n) is 9.34. The van der Waals surface area contributed by atoms with Crippen molar-refractivity contribution >= 4 is 63.5 Å². The number of esters is 1. The summed E-state index contributed by atoms with van der Waals surface area (Å²) in [7, 11) is 1.47. The molecule has 1 saturated heterocycles. The first kappa shape index (κ1) is 23.1. The quantitative estimate of drug-likeness (QED) is 0.315. The SMILES string of the molecule is CCOC(=O)COc1cc(Cl)c(/C=C2\SC(=S)N(c3ccc(C)cc3)C2=O)cc1OC. The van der Waals surface area contributed by atoms with Crippen molar-refractivity contribution in [2.24, 2.45) is 0 Å². The van der Waals surface area contributed by atoms with E-state index in [-0.39, 0.29) is 19.1 Å². The largest absolute Gasteiger partial charge is 0.493 e. The van der Waals surface area contributed by atoms with E-state index in [1.54, 1.807) is 19.1 Å². The number of ether oxygens (including phenoxy) is 3. The zero-order valence-corrected chi connectivity index (χ0v) is 19.5. The molecule has 1 heterocycles. The van der Waals surface area contributed by atoms with Crippen LogP contribution in [0.4, 0.5) is 5.69 Å². The third-order valence-corrected chi connectivity index (χ3v) is 5.94. The van der Waals surface area contributed by atoms with Gasteiger partial charge >= 0.3 is 5.97 Å². The smallest absolute Gasteiger partial charge is 0.344 e. The van der Waals surface area contributed by atoms with Gasteiger partial charge in [-0.25, -0.2) is 4.79 Å². The summed E-state index contributed by atoms with van der Waals surface area (Å²) >= 11 is 13.0. The molecule has 0 aromatic heterocycles. The van der Waals surface area contributed by atoms with Crippen molar-refractivity contribution < 1.29 is 23.8 Å². The lowest BCUT2D eigenvalue weighted by atomic mass is 10.1. The summed E-state index contributed by atoms with van der Waals surface area (Å²) in [5, 5.41) is 0.334. The van der Waals surface area contributed by atoms with Crippen LogP contribution in [-0.2, 0) is 14.3 Å². The highest BCUT2D eigenvalue weighted by Gasteiger charge is 2.33. The first-order valence-corrected chi connectivity index (χ1v) is 10.9. The molecule has 1 aliphatic rings. The minimum atomic E-state index is -0.496. The predicted octanol–water partition coefficient (Wildman–Crippen LogP) is 5.00. The van der Waals surface area contributed by atoms with E-state index in [0.29, 0.717) is 37.0 Å². The van der Waals surface area contributed by atoms with Gasteiger partial charge in [0.15, 0.2) is 22.4 Å². The van der Waals surface area contributed by atoms with Crippen molar-refractivity contribution in [2.75, 3.05) is 25.2 Å². The van der Waals surface area contributed by atoms with E-state index in [9.17, 15) is 9.59 Å². The number of methoxy groups -OCH3 is 1. The average molecular weight is 478 g/mol. The maximum absolute atomic E-state index is 13.0. The molecule has 0 bridgehead atoms. The molecule has 0 spiro atoms. The van der Waals surface area contributed by atoms with E-state index in [4.69, 9.17) is 38.0 Å². The molecule has 2 aromatic rings. The van der Waals surface area contributed by atoms with Crippen LogP contribution >= 0.6 is 35.6 Å². The van der Waals surface area contributed by atoms with Gasteiger partial charge in [0.2, 0.25) is 0 Å². The van der Waals surface area contributed by atoms with Crippen LogP contribution in [0.3, 0.4) is 0 Å². The fourth-order valence-corrected chi connectivity index (χ4v) is 4.30. The normalized spacial score (nSPS) is 14.8. The molecule has 162 valence electrons. The van der Waals surface area contributed by atoms with Gasteiger partial charge in [-0.3, -0.25) is 9.69 Å². The number of hydrogen-bond donors (Lipinski definition) is 0. The van der Waals surface area contributed by atoms with Crippen LogP contribution in [0.2, 0.25) is 5.02 Å². The van der Waals surface area contributed by atoms with E-state index >= 15 is 0 Å². The number of thiocarbonyl (C=S) groups is 1. The van der Waals surface area contributed by atoms with Crippen molar-refractivity contribution in [2.45, 2.75) is 13.8 Å². The molecule has 3 rings (SSSR count). The zero-order chi connectivity index (χ0) is 22.5. The number of carbonyl (C=O) groups excluding carboxylic acids is 2. The second kappa shape index (κ2) is 10.2. The Kier molecular flexibility index (Phi) is 7.59. The summed E-state index contributed by atoms with van der Waals surface area (Å²) in [6, 6.07) is 10.7. The lowest BCUT2D eigenvalue weighted by Crippen LogP contribution is -2.27. The van der Waals surface area contributed by atoms with E-state index in [2.05, 4.69) is 0 Å². The van der Waals surface area contributed by atoms with Gasteiger partial charge in [0, 0.05) is 6.07 Å². The van der Waals surface area contributed by atoms with E-state index < -0.39 is 5.97 Å². The second-order valence-corrected chi connectivity index (χ2v) is 8.55. The molecule has 2 aromatic carbocycles. The van der Waals surface area contributed by atoms with Gasteiger partial charge in [-0.1, -0.05) is 53.3 Å². The number of anilines is 1. The fraction of sp³-hybridized carbons (Fsp3) is 0.227. The Hall–Kier alpha value is -2.55. The molecule has 9 heteroatoms. The van der Waals surface area contributed by atoms with Crippen LogP contribution in [0, 0.1) is 6.92 Å². The van der Waals surface area contributed by atoms with Crippen LogP contribution in [0.15, 0.2) is 41.3 Å². The number of rotatable bonds is 7. The van der Waals surface area contributed by atoms with Crippen LogP contribution in [0.5, 0.6) is 11.5 Å². The van der Waals surface area contributed by atoms with E-state index in [1.807, 2.05) is 31.2 Å². The maximum atomic E-state index is 13.0. The van der Waals surface area contributed by atoms with Gasteiger partial charge in [0.1, 0.15) is 0 Å². The molecular formula is C22H20ClNO5S2. The van der Waals surface area contributed by atoms with E-state index in [0.717, 1.165) is 5.56 Å². The molecule has 0 aliphatic carbocycles. The molecule has 0 N–H and O–H groups in total. The Morgan fingerprint density at radius 2 is 1.94 bits per heavy atom. The fourth-order valence-electron chi connectivity index (χ4n) is 2.80. The molecule has 1 fully saturated rings. The lowest BCUT2D eigenvalue weighted by molar-refractivity contribution is -0.145. The molecule has 6 nitrogen and oxygen atoms in total. The summed E-state index contributed by atoms with van der Waals surface area (Å²) in [5.74, 6) is -0.0556. The maximum Gasteiger partial charge on any atom is 0.344 e. The Morgan fingerprint density at radius 1 is 1.23 bits per heavy atom. The first-order chi connectivity index (χ1) is 14.8. The van der Waals surface area contributed by atoms with Crippen molar-refractivity contribution in [1.29, 1.82) is 0 Å². The van der Waals surface area contributed by atoms with Gasteiger partial charge in [-0.15, -0.1) is 0 Å². The highest BCUT2D eigenvalue weighted by atomic mass is 35.5. The third-order valence-electron chi connectivity index (χ3n) is 4.31. The summed E-state index contributed by atoms with van der Waals surface area (Å²) in [5.41, 5.74) is 2.36. The topological polar surface area (TPSA) is 65.1 Å². The number of amides is 1. The summed E-state index contributed by atoms with van der Waals surface area (Å²) in [6.07, 6.45) is 1.66. The Morgan fingerprint density at radius 3 is 2.58 bits per heavy atom. The molecule has 31 heavy (non-hydrogen) atoms. The summed E-state index contributed by atoms with van der Waals surface area (Å²) in [4.78, 5) is 26.5. The number of carbonyl (C=O) groups is 2. The standard InChI is InChI=1S/C22H20ClNO5S2/c1-4-28-20(25)12-29-18-11-16(23)14(9-17(18)27-3)10-19-21(26)24(22(30)31-19)15-7-5-13(2)6-8-15/h5-11H,4,12H2,1-3H3/b19-10-. The van der Waals surface area contributed by atoms with Gasteiger partial charge < -0.3 is 14.2 Å². The van der Waals surface area contributed by atoms with Crippen molar-refractivity contribution in [1.82, 2.24) is 0 Å². The monoisotopic (exact) mass is 477 g/mol. The predicted molar refractivity (Wildman–Crippen MR) is 127 cm³/mol. The molecule has 1 amide bonds. The minimum absolute atomic E-state index is 0.225. The van der Waals surface area contributed by atoms with Crippen molar-refractivity contribution in [3.8, 4) is 11.5 Å². The number of nitrogens with zero attached hydrogens (tertiary/aromatic N) is 1. The molecular weight excluding hydrogens is 458 g/mol. The summed E-state index contributed by atoms with van der Waals surface area (Å²) in [6.45, 7) is 3.68.